The van der Waals surface area contributed by atoms with Gasteiger partial charge in [-0.05, 0) is 25.0 Å². The van der Waals surface area contributed by atoms with Gasteiger partial charge in [0.05, 0.1) is 11.6 Å². The second kappa shape index (κ2) is 6.99. The maximum absolute atomic E-state index is 12.8. The van der Waals surface area contributed by atoms with Crippen LogP contribution in [0.4, 0.5) is 4.79 Å². The van der Waals surface area contributed by atoms with Crippen molar-refractivity contribution in [2.75, 3.05) is 13.1 Å². The van der Waals surface area contributed by atoms with E-state index in [9.17, 15) is 19.2 Å². The molecule has 1 aromatic heterocycles. The fourth-order valence-electron chi connectivity index (χ4n) is 3.70. The van der Waals surface area contributed by atoms with Crippen LogP contribution in [0.15, 0.2) is 46.2 Å². The van der Waals surface area contributed by atoms with E-state index < -0.39 is 11.9 Å². The number of likely N-dealkylation sites (tertiary alicyclic amines) is 1. The predicted octanol–water partition coefficient (Wildman–Crippen LogP) is 0.530. The van der Waals surface area contributed by atoms with Crippen LogP contribution in [-0.2, 0) is 11.8 Å². The summed E-state index contributed by atoms with van der Waals surface area (Å²) in [5.74, 6) is -1.05. The Kier molecular flexibility index (Phi) is 4.50. The molecule has 0 saturated carbocycles. The number of piperidine rings is 1. The number of rotatable bonds is 2. The van der Waals surface area contributed by atoms with Crippen LogP contribution in [0.25, 0.3) is 0 Å². The Morgan fingerprint density at radius 3 is 2.57 bits per heavy atom. The number of allylic oxidation sites excluding steroid dienone is 3. The second-order valence-corrected chi connectivity index (χ2v) is 6.95. The zero-order valence-corrected chi connectivity index (χ0v) is 15.3. The Bertz CT molecular complexity index is 998. The number of imide groups is 1. The highest BCUT2D eigenvalue weighted by atomic mass is 16.2. The Balaban J connectivity index is 1.45. The van der Waals surface area contributed by atoms with Crippen LogP contribution in [0.3, 0.4) is 0 Å². The molecule has 0 aromatic carbocycles. The molecule has 3 aliphatic rings. The number of hydrogen-bond donors (Lipinski definition) is 0. The molecule has 1 saturated heterocycles. The van der Waals surface area contributed by atoms with Gasteiger partial charge in [0.15, 0.2) is 0 Å². The largest absolute Gasteiger partial charge is 0.350 e. The van der Waals surface area contributed by atoms with E-state index in [0.29, 0.717) is 31.6 Å². The Hall–Kier alpha value is -3.36. The third-order valence-corrected chi connectivity index (χ3v) is 5.23. The number of urea groups is 1. The van der Waals surface area contributed by atoms with Gasteiger partial charge in [0, 0.05) is 32.2 Å². The molecule has 1 unspecified atom stereocenters. The van der Waals surface area contributed by atoms with Gasteiger partial charge in [-0.1, -0.05) is 18.2 Å². The highest BCUT2D eigenvalue weighted by Crippen LogP contribution is 2.26. The summed E-state index contributed by atoms with van der Waals surface area (Å²) in [7, 11) is 1.49. The number of aryl methyl sites for hydroxylation is 1. The second-order valence-electron chi connectivity index (χ2n) is 6.95. The van der Waals surface area contributed by atoms with Crippen molar-refractivity contribution >= 4 is 23.6 Å². The zero-order chi connectivity index (χ0) is 19.8. The lowest BCUT2D eigenvalue weighted by molar-refractivity contribution is -0.131. The first-order valence-electron chi connectivity index (χ1n) is 9.10. The van der Waals surface area contributed by atoms with Gasteiger partial charge < -0.3 is 4.90 Å². The van der Waals surface area contributed by atoms with Crippen LogP contribution < -0.4 is 5.56 Å². The molecule has 0 bridgehead atoms. The van der Waals surface area contributed by atoms with Gasteiger partial charge in [0.2, 0.25) is 5.91 Å². The smallest absolute Gasteiger partial charge is 0.337 e. The number of nitrogens with zero attached hydrogens (tertiary/aromatic N) is 5. The molecule has 4 amide bonds. The van der Waals surface area contributed by atoms with Crippen LogP contribution in [0.2, 0.25) is 0 Å². The number of aliphatic imine (C=N–C) groups is 1. The number of aromatic nitrogens is 2. The van der Waals surface area contributed by atoms with Crippen molar-refractivity contribution in [3.63, 3.8) is 0 Å². The van der Waals surface area contributed by atoms with E-state index >= 15 is 0 Å². The lowest BCUT2D eigenvalue weighted by atomic mass is 9.93. The summed E-state index contributed by atoms with van der Waals surface area (Å²) in [5, 5.41) is 3.99. The van der Waals surface area contributed by atoms with E-state index in [0.717, 1.165) is 4.68 Å². The zero-order valence-electron chi connectivity index (χ0n) is 15.3. The van der Waals surface area contributed by atoms with Gasteiger partial charge in [0.25, 0.3) is 11.5 Å². The van der Waals surface area contributed by atoms with Crippen molar-refractivity contribution in [1.29, 1.82) is 0 Å². The van der Waals surface area contributed by atoms with Gasteiger partial charge in [-0.2, -0.15) is 10.1 Å². The molecule has 144 valence electrons. The third-order valence-electron chi connectivity index (χ3n) is 5.23. The number of fused-ring (bicyclic) bond motifs is 1. The topological polar surface area (TPSA) is 105 Å². The fourth-order valence-corrected chi connectivity index (χ4v) is 3.70. The van der Waals surface area contributed by atoms with Gasteiger partial charge in [-0.15, -0.1) is 0 Å². The highest BCUT2D eigenvalue weighted by Gasteiger charge is 2.41. The molecule has 1 aliphatic carbocycles. The molecule has 9 nitrogen and oxygen atoms in total. The molecule has 9 heteroatoms. The Morgan fingerprint density at radius 2 is 1.86 bits per heavy atom. The lowest BCUT2D eigenvalue weighted by Crippen LogP contribution is -2.54. The summed E-state index contributed by atoms with van der Waals surface area (Å²) in [6.45, 7) is 0.782. The summed E-state index contributed by atoms with van der Waals surface area (Å²) in [6.07, 6.45) is 7.90. The quantitative estimate of drug-likeness (QED) is 0.743. The number of carbonyl (C=O) groups excluding carboxylic acids is 3. The molecular weight excluding hydrogens is 362 g/mol. The first-order valence-corrected chi connectivity index (χ1v) is 9.10. The van der Waals surface area contributed by atoms with E-state index in [1.807, 2.05) is 0 Å². The molecule has 3 heterocycles. The molecule has 28 heavy (non-hydrogen) atoms. The number of carbonyl (C=O) groups is 3. The average Bonchev–Trinajstić information content (AvgIpc) is 2.70. The third kappa shape index (κ3) is 3.08. The summed E-state index contributed by atoms with van der Waals surface area (Å²) in [5.41, 5.74) is 0.380. The minimum atomic E-state index is -0.541. The monoisotopic (exact) mass is 381 g/mol. The van der Waals surface area contributed by atoms with E-state index in [2.05, 4.69) is 10.1 Å². The first-order chi connectivity index (χ1) is 13.5. The molecule has 4 rings (SSSR count). The SMILES string of the molecule is Cn1nc(C(=O)N2CCC(N3C(=O)N=C4C=CC=CC4C3=O)CC2)ccc1=O. The molecule has 0 N–H and O–H groups in total. The number of hydrogen-bond acceptors (Lipinski definition) is 5. The van der Waals surface area contributed by atoms with Gasteiger partial charge in [-0.25, -0.2) is 9.48 Å². The molecule has 0 spiro atoms. The van der Waals surface area contributed by atoms with E-state index in [1.165, 1.54) is 24.1 Å². The van der Waals surface area contributed by atoms with Crippen LogP contribution >= 0.6 is 0 Å². The van der Waals surface area contributed by atoms with Crippen molar-refractivity contribution in [2.45, 2.75) is 18.9 Å². The summed E-state index contributed by atoms with van der Waals surface area (Å²) >= 11 is 0. The van der Waals surface area contributed by atoms with Gasteiger partial charge >= 0.3 is 6.03 Å². The van der Waals surface area contributed by atoms with Crippen molar-refractivity contribution < 1.29 is 14.4 Å². The molecule has 0 radical (unpaired) electrons. The average molecular weight is 381 g/mol. The molecule has 1 aromatic rings. The fraction of sp³-hybridized carbons (Fsp3) is 0.368. The van der Waals surface area contributed by atoms with Gasteiger partial charge in [0.1, 0.15) is 5.69 Å². The summed E-state index contributed by atoms with van der Waals surface area (Å²) < 4.78 is 1.12. The van der Waals surface area contributed by atoms with Crippen molar-refractivity contribution in [2.24, 2.45) is 18.0 Å². The summed E-state index contributed by atoms with van der Waals surface area (Å²) in [6, 6.07) is 1.88. The maximum atomic E-state index is 12.8. The summed E-state index contributed by atoms with van der Waals surface area (Å²) in [4.78, 5) is 56.2. The standard InChI is InChI=1S/C19H19N5O4/c1-22-16(25)7-6-15(21-22)18(27)23-10-8-12(9-11-23)24-17(26)13-4-2-3-5-14(13)20-19(24)28/h2-7,12-13H,8-11H2,1H3. The van der Waals surface area contributed by atoms with Crippen LogP contribution in [0.1, 0.15) is 23.3 Å². The maximum Gasteiger partial charge on any atom is 0.350 e. The Morgan fingerprint density at radius 1 is 1.11 bits per heavy atom. The normalized spacial score (nSPS) is 22.3. The minimum Gasteiger partial charge on any atom is -0.337 e. The molecule has 1 fully saturated rings. The van der Waals surface area contributed by atoms with Crippen molar-refractivity contribution in [3.8, 4) is 0 Å². The van der Waals surface area contributed by atoms with E-state index in [4.69, 9.17) is 0 Å². The van der Waals surface area contributed by atoms with Crippen molar-refractivity contribution in [1.82, 2.24) is 19.6 Å². The van der Waals surface area contributed by atoms with E-state index in [-0.39, 0.29) is 29.1 Å². The van der Waals surface area contributed by atoms with Crippen LogP contribution in [0.5, 0.6) is 0 Å². The number of amides is 4. The van der Waals surface area contributed by atoms with Crippen LogP contribution in [0, 0.1) is 5.92 Å². The van der Waals surface area contributed by atoms with Gasteiger partial charge in [-0.3, -0.25) is 19.3 Å². The Labute approximate surface area is 160 Å². The van der Waals surface area contributed by atoms with Crippen LogP contribution in [-0.4, -0.2) is 62.3 Å². The molecule has 1 atom stereocenters. The molecule has 2 aliphatic heterocycles. The highest BCUT2D eigenvalue weighted by molar-refractivity contribution is 6.21. The predicted molar refractivity (Wildman–Crippen MR) is 99.9 cm³/mol. The first kappa shape index (κ1) is 18.0. The van der Waals surface area contributed by atoms with E-state index in [1.54, 1.807) is 29.2 Å². The minimum absolute atomic E-state index is 0.194. The molecular formula is C19H19N5O4. The lowest BCUT2D eigenvalue weighted by Gasteiger charge is -2.39. The van der Waals surface area contributed by atoms with Crippen molar-refractivity contribution in [3.05, 3.63) is 52.5 Å².